The first-order chi connectivity index (χ1) is 17.3. The summed E-state index contributed by atoms with van der Waals surface area (Å²) >= 11 is 0. The molecule has 218 valence electrons. The van der Waals surface area contributed by atoms with E-state index in [0.717, 1.165) is 36.8 Å². The Labute approximate surface area is 217 Å². The molecule has 3 unspecified atom stereocenters. The van der Waals surface area contributed by atoms with E-state index in [4.69, 9.17) is 0 Å². The predicted molar refractivity (Wildman–Crippen MR) is 126 cm³/mol. The molecule has 38 heavy (non-hydrogen) atoms. The lowest BCUT2D eigenvalue weighted by Gasteiger charge is -2.45. The van der Waals surface area contributed by atoms with Crippen LogP contribution in [0.3, 0.4) is 0 Å². The van der Waals surface area contributed by atoms with Gasteiger partial charge in [0.15, 0.2) is 6.17 Å². The first kappa shape index (κ1) is 31.1. The van der Waals surface area contributed by atoms with Crippen LogP contribution in [0.2, 0.25) is 0 Å². The van der Waals surface area contributed by atoms with E-state index in [1.807, 2.05) is 19.1 Å². The summed E-state index contributed by atoms with van der Waals surface area (Å²) in [5, 5.41) is 39.6. The van der Waals surface area contributed by atoms with Crippen molar-refractivity contribution in [3.8, 4) is 0 Å². The summed E-state index contributed by atoms with van der Waals surface area (Å²) in [6.45, 7) is 7.51. The number of fused-ring (bicyclic) bond motifs is 1. The Morgan fingerprint density at radius 1 is 1.08 bits per heavy atom. The van der Waals surface area contributed by atoms with Gasteiger partial charge in [-0.05, 0) is 79.3 Å². The predicted octanol–water partition coefficient (Wildman–Crippen LogP) is 5.71. The van der Waals surface area contributed by atoms with Crippen molar-refractivity contribution >= 4 is 0 Å². The maximum Gasteiger partial charge on any atom is 0.429 e. The highest BCUT2D eigenvalue weighted by Gasteiger charge is 2.76. The van der Waals surface area contributed by atoms with Crippen molar-refractivity contribution in [1.29, 1.82) is 0 Å². The summed E-state index contributed by atoms with van der Waals surface area (Å²) in [5.41, 5.74) is -3.61. The molecule has 0 radical (unpaired) electrons. The summed E-state index contributed by atoms with van der Waals surface area (Å²) in [7, 11) is 0. The third kappa shape index (κ3) is 5.58. The van der Waals surface area contributed by atoms with Crippen molar-refractivity contribution in [2.24, 2.45) is 23.2 Å². The molecule has 3 fully saturated rings. The molecule has 0 spiro atoms. The van der Waals surface area contributed by atoms with E-state index in [1.54, 1.807) is 6.92 Å². The Morgan fingerprint density at radius 3 is 2.26 bits per heavy atom. The molecule has 0 aliphatic heterocycles. The van der Waals surface area contributed by atoms with E-state index >= 15 is 0 Å². The molecule has 3 aliphatic carbocycles. The zero-order valence-electron chi connectivity index (χ0n) is 21.5. The fourth-order valence-corrected chi connectivity index (χ4v) is 7.10. The van der Waals surface area contributed by atoms with Crippen molar-refractivity contribution in [2.45, 2.75) is 108 Å². The topological polar surface area (TPSA) is 80.9 Å². The van der Waals surface area contributed by atoms with Gasteiger partial charge in [-0.1, -0.05) is 38.2 Å². The van der Waals surface area contributed by atoms with Gasteiger partial charge in [0, 0.05) is 6.42 Å². The van der Waals surface area contributed by atoms with Crippen molar-refractivity contribution in [3.63, 3.8) is 0 Å². The molecule has 8 atom stereocenters. The first-order valence-corrected chi connectivity index (χ1v) is 13.0. The number of aliphatic hydroxyl groups excluding tert-OH is 3. The molecule has 11 heteroatoms. The lowest BCUT2D eigenvalue weighted by molar-refractivity contribution is -0.390. The van der Waals surface area contributed by atoms with E-state index in [9.17, 15) is 51.2 Å². The van der Waals surface area contributed by atoms with Crippen LogP contribution in [-0.4, -0.2) is 62.9 Å². The maximum absolute atomic E-state index is 14.5. The summed E-state index contributed by atoms with van der Waals surface area (Å²) in [4.78, 5) is 0. The summed E-state index contributed by atoms with van der Waals surface area (Å²) in [6.07, 6.45) is -13.5. The highest BCUT2D eigenvalue weighted by Crippen LogP contribution is 2.60. The molecule has 0 aromatic carbocycles. The van der Waals surface area contributed by atoms with Gasteiger partial charge in [0.2, 0.25) is 0 Å². The molecule has 3 aliphatic rings. The fourth-order valence-electron chi connectivity index (χ4n) is 7.10. The highest BCUT2D eigenvalue weighted by atomic mass is 19.4. The minimum absolute atomic E-state index is 0.0767. The van der Waals surface area contributed by atoms with Crippen LogP contribution >= 0.6 is 0 Å². The zero-order chi connectivity index (χ0) is 28.8. The van der Waals surface area contributed by atoms with Gasteiger partial charge in [0.25, 0.3) is 5.60 Å². The monoisotopic (exact) mass is 558 g/mol. The van der Waals surface area contributed by atoms with Gasteiger partial charge in [-0.15, -0.1) is 0 Å². The van der Waals surface area contributed by atoms with Crippen LogP contribution in [0.25, 0.3) is 0 Å². The third-order valence-corrected chi connectivity index (χ3v) is 9.20. The van der Waals surface area contributed by atoms with Gasteiger partial charge in [-0.2, -0.15) is 26.3 Å². The Hall–Kier alpha value is -1.43. The molecule has 0 saturated heterocycles. The smallest absolute Gasteiger partial charge is 0.393 e. The number of hydrogen-bond acceptors (Lipinski definition) is 4. The molecular formula is C27H37F7O4. The van der Waals surface area contributed by atoms with Crippen LogP contribution in [-0.2, 0) is 0 Å². The lowest BCUT2D eigenvalue weighted by atomic mass is 9.60. The second kappa shape index (κ2) is 10.9. The molecule has 3 saturated carbocycles. The van der Waals surface area contributed by atoms with Crippen LogP contribution < -0.4 is 0 Å². The average molecular weight is 559 g/mol. The lowest BCUT2D eigenvalue weighted by Crippen LogP contribution is -2.65. The molecule has 0 amide bonds. The third-order valence-electron chi connectivity index (χ3n) is 9.20. The fraction of sp³-hybridized carbons (Fsp3) is 0.778. The number of halogens is 7. The quantitative estimate of drug-likeness (QED) is 0.315. The van der Waals surface area contributed by atoms with Gasteiger partial charge in [0.1, 0.15) is 0 Å². The van der Waals surface area contributed by atoms with Crippen molar-refractivity contribution in [1.82, 2.24) is 0 Å². The van der Waals surface area contributed by atoms with Crippen LogP contribution in [0.15, 0.2) is 35.5 Å². The van der Waals surface area contributed by atoms with Gasteiger partial charge < -0.3 is 20.4 Å². The minimum Gasteiger partial charge on any atom is -0.393 e. The largest absolute Gasteiger partial charge is 0.429 e. The Kier molecular flexibility index (Phi) is 8.89. The van der Waals surface area contributed by atoms with E-state index in [1.165, 1.54) is 0 Å². The SMILES string of the molecule is C=C1/C(=C\C=C2CCC[C@@]3(C)C2CC[C@@H]3[C@H](C)CC(O)C(F)C(O)(C(F)(F)F)C(F)(F)F)C[C@@H](O)C[C@H]1O. The molecule has 4 N–H and O–H groups in total. The molecule has 3 rings (SSSR count). The summed E-state index contributed by atoms with van der Waals surface area (Å²) in [5.74, 6) is -0.721. The van der Waals surface area contributed by atoms with Crippen LogP contribution in [0, 0.1) is 23.2 Å². The maximum atomic E-state index is 14.5. The van der Waals surface area contributed by atoms with Crippen LogP contribution in [0.5, 0.6) is 0 Å². The number of allylic oxidation sites excluding steroid dienone is 3. The van der Waals surface area contributed by atoms with E-state index in [0.29, 0.717) is 18.4 Å². The van der Waals surface area contributed by atoms with E-state index in [-0.39, 0.29) is 23.7 Å². The first-order valence-electron chi connectivity index (χ1n) is 13.0. The minimum atomic E-state index is -6.35. The van der Waals surface area contributed by atoms with Crippen LogP contribution in [0.1, 0.15) is 65.2 Å². The Morgan fingerprint density at radius 2 is 1.68 bits per heavy atom. The van der Waals surface area contributed by atoms with E-state index < -0.39 is 54.8 Å². The number of hydrogen-bond donors (Lipinski definition) is 4. The molecule has 0 aromatic rings. The Balaban J connectivity index is 1.77. The second-order valence-corrected chi connectivity index (χ2v) is 11.6. The van der Waals surface area contributed by atoms with Gasteiger partial charge in [-0.25, -0.2) is 4.39 Å². The zero-order valence-corrected chi connectivity index (χ0v) is 21.5. The molecule has 0 bridgehead atoms. The molecule has 4 nitrogen and oxygen atoms in total. The number of rotatable bonds is 6. The van der Waals surface area contributed by atoms with Crippen molar-refractivity contribution in [3.05, 3.63) is 35.5 Å². The summed E-state index contributed by atoms with van der Waals surface area (Å²) in [6, 6.07) is 0. The summed E-state index contributed by atoms with van der Waals surface area (Å²) < 4.78 is 93.0. The number of aliphatic hydroxyl groups is 4. The van der Waals surface area contributed by atoms with E-state index in [2.05, 4.69) is 6.58 Å². The van der Waals surface area contributed by atoms with Gasteiger partial charge in [0.05, 0.1) is 18.3 Å². The van der Waals surface area contributed by atoms with Crippen molar-refractivity contribution in [2.75, 3.05) is 0 Å². The highest BCUT2D eigenvalue weighted by molar-refractivity contribution is 5.38. The van der Waals surface area contributed by atoms with Gasteiger partial charge in [-0.3, -0.25) is 0 Å². The molecular weight excluding hydrogens is 521 g/mol. The molecule has 0 aromatic heterocycles. The average Bonchev–Trinajstić information content (AvgIpc) is 3.15. The second-order valence-electron chi connectivity index (χ2n) is 11.6. The molecule has 0 heterocycles. The van der Waals surface area contributed by atoms with Crippen molar-refractivity contribution < 1.29 is 51.2 Å². The van der Waals surface area contributed by atoms with Gasteiger partial charge >= 0.3 is 12.4 Å². The normalized spacial score (nSPS) is 35.9. The van der Waals surface area contributed by atoms with Crippen LogP contribution in [0.4, 0.5) is 30.7 Å². The Bertz CT molecular complexity index is 927. The number of alkyl halides is 7. The standard InChI is InChI=1S/C27H37F7O4/c1-14(11-22(37)23(28)25(38,26(29,30)31)27(32,33)34)19-8-9-20-16(5-4-10-24(19,20)3)6-7-17-12-18(35)13-21(36)15(17)2/h6-7,14,18-23,35-38H,2,4-5,8-13H2,1,3H3/b16-6?,17-7-/t14-,18-,19-,20?,21-,22?,23?,24-/m1/s1.